The maximum Gasteiger partial charge on any atom is 0.250 e. The van der Waals surface area contributed by atoms with Gasteiger partial charge in [0.05, 0.1) is 0 Å². The van der Waals surface area contributed by atoms with Gasteiger partial charge in [-0.25, -0.2) is 0 Å². The fraction of sp³-hybridized carbons (Fsp3) is 0.407. The van der Waals surface area contributed by atoms with Crippen LogP contribution in [0.25, 0.3) is 17.5 Å². The van der Waals surface area contributed by atoms with Crippen LogP contribution in [0.5, 0.6) is 0 Å². The minimum Gasteiger partial charge on any atom is -0.334 e. The van der Waals surface area contributed by atoms with Crippen LogP contribution < -0.4 is 0 Å². The molecule has 1 saturated carbocycles. The van der Waals surface area contributed by atoms with Crippen molar-refractivity contribution in [1.29, 1.82) is 0 Å². The monoisotopic (exact) mass is 449 g/mol. The molecular weight excluding hydrogens is 418 g/mol. The standard InChI is InChI=1S/C27H32ClN3O/c1-31(2)25(17-13-20-7-4-3-5-8-20)22-15-11-21(12-16-22)14-18-26-29-27(30-32-26)23-9-6-10-24(28)19-23/h3-10,14,18-19,21-22,25H,11-13,15-17H2,1-2H3. The van der Waals surface area contributed by atoms with E-state index in [0.29, 0.717) is 28.7 Å². The average Bonchev–Trinajstić information content (AvgIpc) is 3.28. The Balaban J connectivity index is 1.29. The van der Waals surface area contributed by atoms with E-state index in [1.54, 1.807) is 0 Å². The highest BCUT2D eigenvalue weighted by molar-refractivity contribution is 6.30. The lowest BCUT2D eigenvalue weighted by Crippen LogP contribution is -2.37. The Labute approximate surface area is 196 Å². The van der Waals surface area contributed by atoms with Crippen molar-refractivity contribution in [1.82, 2.24) is 15.0 Å². The van der Waals surface area contributed by atoms with Crippen molar-refractivity contribution < 1.29 is 4.52 Å². The molecule has 0 N–H and O–H groups in total. The van der Waals surface area contributed by atoms with Crippen molar-refractivity contribution in [3.63, 3.8) is 0 Å². The molecule has 4 rings (SSSR count). The largest absolute Gasteiger partial charge is 0.334 e. The highest BCUT2D eigenvalue weighted by atomic mass is 35.5. The summed E-state index contributed by atoms with van der Waals surface area (Å²) in [6, 6.07) is 19.0. The molecule has 1 aliphatic rings. The summed E-state index contributed by atoms with van der Waals surface area (Å²) >= 11 is 6.07. The highest BCUT2D eigenvalue weighted by Crippen LogP contribution is 2.34. The van der Waals surface area contributed by atoms with E-state index in [9.17, 15) is 0 Å². The summed E-state index contributed by atoms with van der Waals surface area (Å²) in [7, 11) is 4.46. The van der Waals surface area contributed by atoms with Gasteiger partial charge in [0.15, 0.2) is 0 Å². The molecular formula is C27H32ClN3O. The van der Waals surface area contributed by atoms with Crippen LogP contribution in [0.3, 0.4) is 0 Å². The molecule has 3 aromatic rings. The molecule has 0 radical (unpaired) electrons. The second-order valence-electron chi connectivity index (χ2n) is 9.06. The number of halogens is 1. The fourth-order valence-electron chi connectivity index (χ4n) is 4.86. The van der Waals surface area contributed by atoms with Gasteiger partial charge in [-0.1, -0.05) is 65.3 Å². The molecule has 1 heterocycles. The summed E-state index contributed by atoms with van der Waals surface area (Å²) in [6.45, 7) is 0. The van der Waals surface area contributed by atoms with Gasteiger partial charge >= 0.3 is 0 Å². The number of rotatable bonds is 8. The van der Waals surface area contributed by atoms with Gasteiger partial charge in [-0.05, 0) is 88.2 Å². The maximum absolute atomic E-state index is 6.07. The number of nitrogens with zero attached hydrogens (tertiary/aromatic N) is 3. The van der Waals surface area contributed by atoms with Gasteiger partial charge in [0.2, 0.25) is 5.82 Å². The zero-order valence-electron chi connectivity index (χ0n) is 19.0. The van der Waals surface area contributed by atoms with Crippen LogP contribution in [-0.4, -0.2) is 35.2 Å². The Hall–Kier alpha value is -2.43. The van der Waals surface area contributed by atoms with Crippen LogP contribution in [-0.2, 0) is 6.42 Å². The summed E-state index contributed by atoms with van der Waals surface area (Å²) in [4.78, 5) is 6.93. The molecule has 0 spiro atoms. The number of aryl methyl sites for hydroxylation is 1. The normalized spacial score (nSPS) is 20.1. The second-order valence-corrected chi connectivity index (χ2v) is 9.49. The van der Waals surface area contributed by atoms with Gasteiger partial charge in [0.25, 0.3) is 5.89 Å². The van der Waals surface area contributed by atoms with Crippen molar-refractivity contribution >= 4 is 17.7 Å². The van der Waals surface area contributed by atoms with Crippen LogP contribution >= 0.6 is 11.6 Å². The molecule has 0 saturated heterocycles. The number of benzene rings is 2. The first kappa shape index (κ1) is 22.8. The van der Waals surface area contributed by atoms with Crippen LogP contribution in [0.1, 0.15) is 43.6 Å². The Morgan fingerprint density at radius 1 is 1.06 bits per heavy atom. The van der Waals surface area contributed by atoms with E-state index in [-0.39, 0.29) is 0 Å². The topological polar surface area (TPSA) is 42.2 Å². The highest BCUT2D eigenvalue weighted by Gasteiger charge is 2.28. The van der Waals surface area contributed by atoms with Gasteiger partial charge in [-0.15, -0.1) is 0 Å². The molecule has 4 nitrogen and oxygen atoms in total. The molecule has 1 atom stereocenters. The average molecular weight is 450 g/mol. The van der Waals surface area contributed by atoms with Crippen molar-refractivity contribution in [3.05, 3.63) is 77.2 Å². The third-order valence-corrected chi connectivity index (χ3v) is 6.87. The molecule has 1 aliphatic carbocycles. The van der Waals surface area contributed by atoms with E-state index in [4.69, 9.17) is 16.1 Å². The second kappa shape index (κ2) is 10.9. The molecule has 168 valence electrons. The smallest absolute Gasteiger partial charge is 0.250 e. The van der Waals surface area contributed by atoms with E-state index in [2.05, 4.69) is 65.5 Å². The SMILES string of the molecule is CN(C)C(CCc1ccccc1)C1CCC(C=Cc2nc(-c3cccc(Cl)c3)no2)CC1. The van der Waals surface area contributed by atoms with Crippen LogP contribution in [0.4, 0.5) is 0 Å². The van der Waals surface area contributed by atoms with Gasteiger partial charge in [0.1, 0.15) is 0 Å². The minimum atomic E-state index is 0.552. The summed E-state index contributed by atoms with van der Waals surface area (Å²) in [6.07, 6.45) is 11.6. The molecule has 2 aromatic carbocycles. The Bertz CT molecular complexity index is 1010. The predicted octanol–water partition coefficient (Wildman–Crippen LogP) is 6.77. The molecule has 1 unspecified atom stereocenters. The summed E-state index contributed by atoms with van der Waals surface area (Å²) in [5.41, 5.74) is 2.30. The van der Waals surface area contributed by atoms with Crippen molar-refractivity contribution in [2.45, 2.75) is 44.6 Å². The first-order valence-corrected chi connectivity index (χ1v) is 11.9. The van der Waals surface area contributed by atoms with E-state index in [1.165, 1.54) is 37.7 Å². The predicted molar refractivity (Wildman–Crippen MR) is 131 cm³/mol. The summed E-state index contributed by atoms with van der Waals surface area (Å²) in [5.74, 6) is 2.46. The zero-order valence-corrected chi connectivity index (χ0v) is 19.7. The molecule has 0 aliphatic heterocycles. The number of aromatic nitrogens is 2. The minimum absolute atomic E-state index is 0.552. The molecule has 0 bridgehead atoms. The lowest BCUT2D eigenvalue weighted by molar-refractivity contribution is 0.150. The number of hydrogen-bond donors (Lipinski definition) is 0. The van der Waals surface area contributed by atoms with Crippen LogP contribution in [0, 0.1) is 11.8 Å². The van der Waals surface area contributed by atoms with Crippen LogP contribution in [0.2, 0.25) is 5.02 Å². The van der Waals surface area contributed by atoms with E-state index in [1.807, 2.05) is 30.3 Å². The lowest BCUT2D eigenvalue weighted by Gasteiger charge is -2.37. The van der Waals surface area contributed by atoms with Crippen LogP contribution in [0.15, 0.2) is 65.2 Å². The third-order valence-electron chi connectivity index (χ3n) is 6.63. The molecule has 1 aromatic heterocycles. The molecule has 0 amide bonds. The molecule has 32 heavy (non-hydrogen) atoms. The van der Waals surface area contributed by atoms with Gasteiger partial charge in [-0.2, -0.15) is 4.98 Å². The van der Waals surface area contributed by atoms with E-state index >= 15 is 0 Å². The van der Waals surface area contributed by atoms with E-state index in [0.717, 1.165) is 17.9 Å². The first-order valence-electron chi connectivity index (χ1n) is 11.6. The molecule has 5 heteroatoms. The Morgan fingerprint density at radius 2 is 1.84 bits per heavy atom. The first-order chi connectivity index (χ1) is 15.6. The maximum atomic E-state index is 6.07. The number of allylic oxidation sites excluding steroid dienone is 1. The lowest BCUT2D eigenvalue weighted by atomic mass is 9.76. The third kappa shape index (κ3) is 6.08. The quantitative estimate of drug-likeness (QED) is 0.380. The molecule has 1 fully saturated rings. The van der Waals surface area contributed by atoms with Gasteiger partial charge < -0.3 is 9.42 Å². The summed E-state index contributed by atoms with van der Waals surface area (Å²) in [5, 5.41) is 4.76. The Morgan fingerprint density at radius 3 is 2.56 bits per heavy atom. The van der Waals surface area contributed by atoms with Gasteiger partial charge in [-0.3, -0.25) is 0 Å². The fourth-order valence-corrected chi connectivity index (χ4v) is 5.05. The zero-order chi connectivity index (χ0) is 22.3. The van der Waals surface area contributed by atoms with Crippen molar-refractivity contribution in [2.24, 2.45) is 11.8 Å². The van der Waals surface area contributed by atoms with Crippen molar-refractivity contribution in [3.8, 4) is 11.4 Å². The Kier molecular flexibility index (Phi) is 7.77. The van der Waals surface area contributed by atoms with Gasteiger partial charge in [0, 0.05) is 16.6 Å². The van der Waals surface area contributed by atoms with Crippen molar-refractivity contribution in [2.75, 3.05) is 14.1 Å². The summed E-state index contributed by atoms with van der Waals surface area (Å²) < 4.78 is 5.42. The van der Waals surface area contributed by atoms with E-state index < -0.39 is 0 Å². The number of hydrogen-bond acceptors (Lipinski definition) is 4.